The molecule has 1 aromatic rings. The van der Waals surface area contributed by atoms with E-state index in [-0.39, 0.29) is 12.5 Å². The van der Waals surface area contributed by atoms with Gasteiger partial charge in [0.15, 0.2) is 6.61 Å². The van der Waals surface area contributed by atoms with E-state index in [9.17, 15) is 4.79 Å². The average molecular weight is 344 g/mol. The smallest absolute Gasteiger partial charge is 0.257 e. The van der Waals surface area contributed by atoms with E-state index in [1.54, 1.807) is 0 Å². The Balaban J connectivity index is 1.34. The molecule has 4 nitrogen and oxygen atoms in total. The molecule has 1 fully saturated rings. The molecule has 1 heterocycles. The second-order valence-corrected chi connectivity index (χ2v) is 7.35. The van der Waals surface area contributed by atoms with Crippen molar-refractivity contribution in [3.8, 4) is 5.75 Å². The summed E-state index contributed by atoms with van der Waals surface area (Å²) in [5, 5.41) is 3.00. The van der Waals surface area contributed by atoms with Gasteiger partial charge in [0.1, 0.15) is 5.75 Å². The van der Waals surface area contributed by atoms with E-state index >= 15 is 0 Å². The third kappa shape index (κ3) is 5.74. The molecule has 0 aromatic heterocycles. The van der Waals surface area contributed by atoms with E-state index < -0.39 is 0 Å². The van der Waals surface area contributed by atoms with E-state index in [0.717, 1.165) is 38.1 Å². The largest absolute Gasteiger partial charge is 0.483 e. The number of carbonyl (C=O) groups is 1. The van der Waals surface area contributed by atoms with Gasteiger partial charge in [-0.15, -0.1) is 0 Å². The molecule has 25 heavy (non-hydrogen) atoms. The average Bonchev–Trinajstić information content (AvgIpc) is 2.92. The minimum Gasteiger partial charge on any atom is -0.483 e. The Hall–Kier alpha value is -1.55. The lowest BCUT2D eigenvalue weighted by Crippen LogP contribution is -2.33. The zero-order valence-electron chi connectivity index (χ0n) is 15.4. The normalized spacial score (nSPS) is 18.2. The zero-order valence-corrected chi connectivity index (χ0v) is 15.4. The lowest BCUT2D eigenvalue weighted by atomic mass is 9.91. The van der Waals surface area contributed by atoms with Crippen molar-refractivity contribution in [2.24, 2.45) is 0 Å². The van der Waals surface area contributed by atoms with Crippen molar-refractivity contribution in [2.45, 2.75) is 57.8 Å². The summed E-state index contributed by atoms with van der Waals surface area (Å²) in [6, 6.07) is 6.22. The van der Waals surface area contributed by atoms with Crippen molar-refractivity contribution in [2.75, 3.05) is 32.8 Å². The number of amides is 1. The van der Waals surface area contributed by atoms with Gasteiger partial charge in [-0.1, -0.05) is 25.0 Å². The van der Waals surface area contributed by atoms with Crippen molar-refractivity contribution in [1.29, 1.82) is 0 Å². The molecule has 0 atom stereocenters. The molecule has 0 bridgehead atoms. The maximum Gasteiger partial charge on any atom is 0.257 e. The Bertz CT molecular complexity index is 551. The van der Waals surface area contributed by atoms with Crippen LogP contribution in [0.5, 0.6) is 5.75 Å². The number of likely N-dealkylation sites (tertiary alicyclic amines) is 1. The van der Waals surface area contributed by atoms with Crippen molar-refractivity contribution in [3.63, 3.8) is 0 Å². The Morgan fingerprint density at radius 1 is 1.04 bits per heavy atom. The highest BCUT2D eigenvalue weighted by molar-refractivity contribution is 5.77. The predicted octanol–water partition coefficient (Wildman–Crippen LogP) is 3.33. The lowest BCUT2D eigenvalue weighted by molar-refractivity contribution is -0.123. The molecule has 2 aliphatic rings. The van der Waals surface area contributed by atoms with E-state index in [1.165, 1.54) is 62.7 Å². The number of rotatable bonds is 7. The van der Waals surface area contributed by atoms with Crippen LogP contribution in [0.4, 0.5) is 0 Å². The van der Waals surface area contributed by atoms with E-state index in [4.69, 9.17) is 4.74 Å². The second-order valence-electron chi connectivity index (χ2n) is 7.35. The van der Waals surface area contributed by atoms with Gasteiger partial charge in [-0.05, 0) is 81.8 Å². The molecular formula is C21H32N2O2. The fraction of sp³-hybridized carbons (Fsp3) is 0.667. The van der Waals surface area contributed by atoms with Crippen LogP contribution in [0.25, 0.3) is 0 Å². The van der Waals surface area contributed by atoms with Crippen LogP contribution in [0.2, 0.25) is 0 Å². The zero-order chi connectivity index (χ0) is 17.3. The molecule has 4 heteroatoms. The summed E-state index contributed by atoms with van der Waals surface area (Å²) < 4.78 is 5.81. The summed E-state index contributed by atoms with van der Waals surface area (Å²) in [7, 11) is 0. The number of hydrogen-bond acceptors (Lipinski definition) is 3. The fourth-order valence-electron chi connectivity index (χ4n) is 3.97. The van der Waals surface area contributed by atoms with Gasteiger partial charge < -0.3 is 15.0 Å². The lowest BCUT2D eigenvalue weighted by Gasteiger charge is -2.20. The maximum atomic E-state index is 12.0. The molecule has 1 aliphatic heterocycles. The van der Waals surface area contributed by atoms with Gasteiger partial charge in [0.05, 0.1) is 0 Å². The first kappa shape index (κ1) is 18.2. The number of fused-ring (bicyclic) bond motifs is 1. The summed E-state index contributed by atoms with van der Waals surface area (Å²) in [5.41, 5.74) is 2.70. The van der Waals surface area contributed by atoms with Crippen LogP contribution in [0.15, 0.2) is 18.2 Å². The first-order valence-corrected chi connectivity index (χ1v) is 10.1. The summed E-state index contributed by atoms with van der Waals surface area (Å²) in [6.07, 6.45) is 11.1. The minimum atomic E-state index is -0.00993. The van der Waals surface area contributed by atoms with Gasteiger partial charge in [0, 0.05) is 6.54 Å². The van der Waals surface area contributed by atoms with Crippen LogP contribution in [-0.4, -0.2) is 43.6 Å². The van der Waals surface area contributed by atoms with Gasteiger partial charge in [0.25, 0.3) is 5.91 Å². The molecule has 1 aromatic carbocycles. The molecule has 138 valence electrons. The second kappa shape index (κ2) is 9.81. The highest BCUT2D eigenvalue weighted by Gasteiger charge is 2.14. The van der Waals surface area contributed by atoms with Gasteiger partial charge in [-0.3, -0.25) is 4.79 Å². The molecule has 3 rings (SSSR count). The predicted molar refractivity (Wildman–Crippen MR) is 101 cm³/mol. The number of ether oxygens (including phenoxy) is 1. The number of nitrogens with one attached hydrogen (secondary N) is 1. The Morgan fingerprint density at radius 3 is 2.68 bits per heavy atom. The number of benzene rings is 1. The molecule has 0 radical (unpaired) electrons. The summed E-state index contributed by atoms with van der Waals surface area (Å²) in [4.78, 5) is 14.6. The molecule has 1 amide bonds. The van der Waals surface area contributed by atoms with E-state index in [0.29, 0.717) is 0 Å². The standard InChI is InChI=1S/C21H32N2O2/c24-21(22-13-8-16-23-14-5-1-2-6-15-23)17-25-20-12-7-10-18-9-3-4-11-19(18)20/h7,10,12H,1-6,8-9,11,13-17H2,(H,22,24). The highest BCUT2D eigenvalue weighted by atomic mass is 16.5. The van der Waals surface area contributed by atoms with Crippen LogP contribution >= 0.6 is 0 Å². The first-order valence-electron chi connectivity index (χ1n) is 10.1. The molecule has 1 aliphatic carbocycles. The fourth-order valence-corrected chi connectivity index (χ4v) is 3.97. The molecule has 0 spiro atoms. The molecule has 0 saturated carbocycles. The Morgan fingerprint density at radius 2 is 1.84 bits per heavy atom. The van der Waals surface area contributed by atoms with E-state index in [1.807, 2.05) is 12.1 Å². The highest BCUT2D eigenvalue weighted by Crippen LogP contribution is 2.29. The molecule has 1 N–H and O–H groups in total. The number of hydrogen-bond donors (Lipinski definition) is 1. The van der Waals surface area contributed by atoms with Crippen molar-refractivity contribution >= 4 is 5.91 Å². The third-order valence-electron chi connectivity index (χ3n) is 5.38. The summed E-state index contributed by atoms with van der Waals surface area (Å²) in [5.74, 6) is 0.890. The van der Waals surface area contributed by atoms with Crippen LogP contribution in [0.1, 0.15) is 56.1 Å². The van der Waals surface area contributed by atoms with Crippen molar-refractivity contribution < 1.29 is 9.53 Å². The number of aryl methyl sites for hydroxylation is 1. The topological polar surface area (TPSA) is 41.6 Å². The van der Waals surface area contributed by atoms with Crippen LogP contribution in [-0.2, 0) is 17.6 Å². The van der Waals surface area contributed by atoms with E-state index in [2.05, 4.69) is 16.3 Å². The van der Waals surface area contributed by atoms with Gasteiger partial charge >= 0.3 is 0 Å². The first-order chi connectivity index (χ1) is 12.3. The Labute approximate surface area is 151 Å². The molecule has 1 saturated heterocycles. The van der Waals surface area contributed by atoms with Gasteiger partial charge in [-0.25, -0.2) is 0 Å². The SMILES string of the molecule is O=C(COc1cccc2c1CCCC2)NCCCN1CCCCCC1. The monoisotopic (exact) mass is 344 g/mol. The number of nitrogens with zero attached hydrogens (tertiary/aromatic N) is 1. The minimum absolute atomic E-state index is 0.00993. The molecular weight excluding hydrogens is 312 g/mol. The maximum absolute atomic E-state index is 12.0. The van der Waals surface area contributed by atoms with Crippen LogP contribution in [0, 0.1) is 0 Å². The van der Waals surface area contributed by atoms with Gasteiger partial charge in [-0.2, -0.15) is 0 Å². The van der Waals surface area contributed by atoms with Crippen molar-refractivity contribution in [3.05, 3.63) is 29.3 Å². The summed E-state index contributed by atoms with van der Waals surface area (Å²) >= 11 is 0. The van der Waals surface area contributed by atoms with Crippen LogP contribution in [0.3, 0.4) is 0 Å². The van der Waals surface area contributed by atoms with Crippen LogP contribution < -0.4 is 10.1 Å². The Kier molecular flexibility index (Phi) is 7.16. The quantitative estimate of drug-likeness (QED) is 0.772. The number of carbonyl (C=O) groups excluding carboxylic acids is 1. The van der Waals surface area contributed by atoms with Crippen molar-refractivity contribution in [1.82, 2.24) is 10.2 Å². The van der Waals surface area contributed by atoms with Gasteiger partial charge in [0.2, 0.25) is 0 Å². The third-order valence-corrected chi connectivity index (χ3v) is 5.38. The molecule has 0 unspecified atom stereocenters. The summed E-state index contributed by atoms with van der Waals surface area (Å²) in [6.45, 7) is 4.39.